The van der Waals surface area contributed by atoms with Gasteiger partial charge in [0.15, 0.2) is 0 Å². The van der Waals surface area contributed by atoms with Crippen LogP contribution in [0.4, 0.5) is 0 Å². The largest absolute Gasteiger partial charge is 0.377 e. The summed E-state index contributed by atoms with van der Waals surface area (Å²) in [4.78, 5) is 0. The van der Waals surface area contributed by atoms with E-state index in [2.05, 4.69) is 26.1 Å². The molecule has 0 bridgehead atoms. The SMILES string of the molecule is CCNC(COC(C)C)C1CCCCC1. The zero-order valence-electron chi connectivity index (χ0n) is 10.6. The topological polar surface area (TPSA) is 21.3 Å². The lowest BCUT2D eigenvalue weighted by atomic mass is 9.84. The van der Waals surface area contributed by atoms with Crippen LogP contribution in [0.15, 0.2) is 0 Å². The quantitative estimate of drug-likeness (QED) is 0.732. The third-order valence-corrected chi connectivity index (χ3v) is 3.29. The zero-order chi connectivity index (χ0) is 11.1. The van der Waals surface area contributed by atoms with Crippen molar-refractivity contribution in [1.29, 1.82) is 0 Å². The van der Waals surface area contributed by atoms with Crippen LogP contribution in [-0.2, 0) is 4.74 Å². The van der Waals surface area contributed by atoms with Gasteiger partial charge in [-0.1, -0.05) is 26.2 Å². The Morgan fingerprint density at radius 1 is 1.20 bits per heavy atom. The van der Waals surface area contributed by atoms with Gasteiger partial charge in [0, 0.05) is 6.04 Å². The number of hydrogen-bond donors (Lipinski definition) is 1. The standard InChI is InChI=1S/C13H27NO/c1-4-14-13(10-15-11(2)3)12-8-6-5-7-9-12/h11-14H,4-10H2,1-3H3. The van der Waals surface area contributed by atoms with E-state index in [0.29, 0.717) is 12.1 Å². The van der Waals surface area contributed by atoms with Crippen molar-refractivity contribution in [3.05, 3.63) is 0 Å². The van der Waals surface area contributed by atoms with E-state index in [-0.39, 0.29) is 0 Å². The Kier molecular flexibility index (Phi) is 6.26. The highest BCUT2D eigenvalue weighted by Gasteiger charge is 2.23. The molecule has 1 rings (SSSR count). The highest BCUT2D eigenvalue weighted by Crippen LogP contribution is 2.26. The van der Waals surface area contributed by atoms with Crippen LogP contribution >= 0.6 is 0 Å². The average Bonchev–Trinajstić information content (AvgIpc) is 2.25. The Hall–Kier alpha value is -0.0800. The Labute approximate surface area is 94.8 Å². The molecule has 0 aromatic heterocycles. The highest BCUT2D eigenvalue weighted by atomic mass is 16.5. The first-order chi connectivity index (χ1) is 7.24. The van der Waals surface area contributed by atoms with E-state index in [1.54, 1.807) is 0 Å². The van der Waals surface area contributed by atoms with E-state index < -0.39 is 0 Å². The molecule has 0 amide bonds. The number of nitrogens with one attached hydrogen (secondary N) is 1. The minimum Gasteiger partial charge on any atom is -0.377 e. The van der Waals surface area contributed by atoms with Crippen molar-refractivity contribution in [2.24, 2.45) is 5.92 Å². The molecule has 1 aliphatic carbocycles. The van der Waals surface area contributed by atoms with Gasteiger partial charge in [-0.05, 0) is 39.2 Å². The molecule has 0 aliphatic heterocycles. The molecule has 1 N–H and O–H groups in total. The zero-order valence-corrected chi connectivity index (χ0v) is 10.6. The molecule has 2 heteroatoms. The fourth-order valence-corrected chi connectivity index (χ4v) is 2.46. The van der Waals surface area contributed by atoms with Crippen LogP contribution < -0.4 is 5.32 Å². The van der Waals surface area contributed by atoms with Crippen molar-refractivity contribution < 1.29 is 4.74 Å². The van der Waals surface area contributed by atoms with Gasteiger partial charge in [-0.3, -0.25) is 0 Å². The lowest BCUT2D eigenvalue weighted by Crippen LogP contribution is -2.41. The molecule has 1 unspecified atom stereocenters. The van der Waals surface area contributed by atoms with Gasteiger partial charge in [0.2, 0.25) is 0 Å². The predicted octanol–water partition coefficient (Wildman–Crippen LogP) is 2.97. The van der Waals surface area contributed by atoms with Crippen molar-refractivity contribution in [2.75, 3.05) is 13.2 Å². The number of hydrogen-bond acceptors (Lipinski definition) is 2. The van der Waals surface area contributed by atoms with Gasteiger partial charge in [-0.15, -0.1) is 0 Å². The maximum atomic E-state index is 5.75. The van der Waals surface area contributed by atoms with Crippen LogP contribution in [0.2, 0.25) is 0 Å². The van der Waals surface area contributed by atoms with Crippen molar-refractivity contribution in [3.63, 3.8) is 0 Å². The maximum Gasteiger partial charge on any atom is 0.0625 e. The molecule has 1 fully saturated rings. The third kappa shape index (κ3) is 4.98. The molecular formula is C13H27NO. The number of rotatable bonds is 6. The Morgan fingerprint density at radius 2 is 1.87 bits per heavy atom. The molecule has 0 spiro atoms. The maximum absolute atomic E-state index is 5.75. The van der Waals surface area contributed by atoms with E-state index in [9.17, 15) is 0 Å². The van der Waals surface area contributed by atoms with Crippen molar-refractivity contribution in [3.8, 4) is 0 Å². The minimum atomic E-state index is 0.356. The molecule has 15 heavy (non-hydrogen) atoms. The summed E-state index contributed by atoms with van der Waals surface area (Å²) in [6.07, 6.45) is 7.39. The van der Waals surface area contributed by atoms with Crippen molar-refractivity contribution in [2.45, 2.75) is 65.0 Å². The summed E-state index contributed by atoms with van der Waals surface area (Å²) in [6, 6.07) is 0.581. The van der Waals surface area contributed by atoms with Gasteiger partial charge >= 0.3 is 0 Å². The fraction of sp³-hybridized carbons (Fsp3) is 1.00. The molecule has 0 saturated heterocycles. The second kappa shape index (κ2) is 7.24. The monoisotopic (exact) mass is 213 g/mol. The highest BCUT2D eigenvalue weighted by molar-refractivity contribution is 4.79. The molecule has 1 atom stereocenters. The van der Waals surface area contributed by atoms with Gasteiger partial charge < -0.3 is 10.1 Å². The van der Waals surface area contributed by atoms with Gasteiger partial charge in [0.25, 0.3) is 0 Å². The summed E-state index contributed by atoms with van der Waals surface area (Å²) in [6.45, 7) is 8.36. The summed E-state index contributed by atoms with van der Waals surface area (Å²) < 4.78 is 5.75. The smallest absolute Gasteiger partial charge is 0.0625 e. The first-order valence-corrected chi connectivity index (χ1v) is 6.59. The second-order valence-corrected chi connectivity index (χ2v) is 4.94. The summed E-state index contributed by atoms with van der Waals surface area (Å²) in [7, 11) is 0. The van der Waals surface area contributed by atoms with Crippen LogP contribution in [-0.4, -0.2) is 25.3 Å². The van der Waals surface area contributed by atoms with E-state index in [0.717, 1.165) is 19.1 Å². The molecule has 0 heterocycles. The Balaban J connectivity index is 2.33. The van der Waals surface area contributed by atoms with Gasteiger partial charge in [0.05, 0.1) is 12.7 Å². The Morgan fingerprint density at radius 3 is 2.40 bits per heavy atom. The Bertz CT molecular complexity index is 153. The normalized spacial score (nSPS) is 20.8. The van der Waals surface area contributed by atoms with Crippen molar-refractivity contribution in [1.82, 2.24) is 5.32 Å². The summed E-state index contributed by atoms with van der Waals surface area (Å²) in [5.41, 5.74) is 0. The lowest BCUT2D eigenvalue weighted by molar-refractivity contribution is 0.0433. The number of ether oxygens (including phenoxy) is 1. The van der Waals surface area contributed by atoms with Gasteiger partial charge in [-0.2, -0.15) is 0 Å². The lowest BCUT2D eigenvalue weighted by Gasteiger charge is -2.31. The molecule has 1 aliphatic rings. The molecule has 0 radical (unpaired) electrons. The van der Waals surface area contributed by atoms with E-state index >= 15 is 0 Å². The molecule has 90 valence electrons. The summed E-state index contributed by atoms with van der Waals surface area (Å²) >= 11 is 0. The second-order valence-electron chi connectivity index (χ2n) is 4.94. The van der Waals surface area contributed by atoms with Crippen LogP contribution in [0.25, 0.3) is 0 Å². The van der Waals surface area contributed by atoms with E-state index in [1.807, 2.05) is 0 Å². The van der Waals surface area contributed by atoms with Gasteiger partial charge in [-0.25, -0.2) is 0 Å². The molecule has 2 nitrogen and oxygen atoms in total. The molecule has 0 aromatic carbocycles. The van der Waals surface area contributed by atoms with Gasteiger partial charge in [0.1, 0.15) is 0 Å². The molecule has 0 aromatic rings. The minimum absolute atomic E-state index is 0.356. The number of likely N-dealkylation sites (N-methyl/N-ethyl adjacent to an activating group) is 1. The fourth-order valence-electron chi connectivity index (χ4n) is 2.46. The summed E-state index contributed by atoms with van der Waals surface area (Å²) in [5.74, 6) is 0.845. The average molecular weight is 213 g/mol. The third-order valence-electron chi connectivity index (χ3n) is 3.29. The first kappa shape index (κ1) is 13.0. The van der Waals surface area contributed by atoms with Crippen LogP contribution in [0, 0.1) is 5.92 Å². The molecular weight excluding hydrogens is 186 g/mol. The van der Waals surface area contributed by atoms with E-state index in [1.165, 1.54) is 32.1 Å². The summed E-state index contributed by atoms with van der Waals surface area (Å²) in [5, 5.41) is 3.58. The van der Waals surface area contributed by atoms with Crippen LogP contribution in [0.5, 0.6) is 0 Å². The van der Waals surface area contributed by atoms with Crippen molar-refractivity contribution >= 4 is 0 Å². The molecule has 1 saturated carbocycles. The van der Waals surface area contributed by atoms with Crippen LogP contribution in [0.3, 0.4) is 0 Å². The van der Waals surface area contributed by atoms with Crippen LogP contribution in [0.1, 0.15) is 52.9 Å². The van der Waals surface area contributed by atoms with E-state index in [4.69, 9.17) is 4.74 Å². The first-order valence-electron chi connectivity index (χ1n) is 6.59. The predicted molar refractivity (Wildman–Crippen MR) is 65.1 cm³/mol.